The fourth-order valence-electron chi connectivity index (χ4n) is 3.19. The zero-order chi connectivity index (χ0) is 16.1. The van der Waals surface area contributed by atoms with Crippen molar-refractivity contribution in [2.75, 3.05) is 5.32 Å². The van der Waals surface area contributed by atoms with E-state index < -0.39 is 0 Å². The summed E-state index contributed by atoms with van der Waals surface area (Å²) < 4.78 is 1.12. The van der Waals surface area contributed by atoms with Crippen molar-refractivity contribution in [3.8, 4) is 0 Å². The minimum atomic E-state index is 0.0481. The molecule has 3 nitrogen and oxygen atoms in total. The zero-order valence-electron chi connectivity index (χ0n) is 13.7. The minimum absolute atomic E-state index is 0.0481. The summed E-state index contributed by atoms with van der Waals surface area (Å²) in [7, 11) is 0. The number of aromatic nitrogens is 1. The van der Waals surface area contributed by atoms with Crippen LogP contribution >= 0.6 is 11.3 Å². The Morgan fingerprint density at radius 1 is 1.36 bits per heavy atom. The van der Waals surface area contributed by atoms with Gasteiger partial charge in [-0.25, -0.2) is 4.98 Å². The number of allylic oxidation sites excluding steroid dienone is 2. The predicted molar refractivity (Wildman–Crippen MR) is 93.2 cm³/mol. The van der Waals surface area contributed by atoms with Crippen LogP contribution in [0.3, 0.4) is 0 Å². The van der Waals surface area contributed by atoms with Gasteiger partial charge in [-0.15, -0.1) is 11.3 Å². The Bertz CT molecular complexity index is 768. The third kappa shape index (κ3) is 2.68. The van der Waals surface area contributed by atoms with Crippen LogP contribution in [0.4, 0.5) is 5.69 Å². The van der Waals surface area contributed by atoms with Crippen molar-refractivity contribution < 1.29 is 4.79 Å². The molecule has 1 aromatic carbocycles. The van der Waals surface area contributed by atoms with Crippen LogP contribution in [-0.4, -0.2) is 10.9 Å². The third-order valence-corrected chi connectivity index (χ3v) is 5.40. The summed E-state index contributed by atoms with van der Waals surface area (Å²) in [6.45, 7) is 10.5. The molecule has 0 radical (unpaired) electrons. The molecule has 1 aromatic heterocycles. The molecule has 0 saturated heterocycles. The highest BCUT2D eigenvalue weighted by molar-refractivity contribution is 7.18. The first-order chi connectivity index (χ1) is 10.3. The smallest absolute Gasteiger partial charge is 0.228 e. The second-order valence-corrected chi connectivity index (χ2v) is 8.21. The molecular weight excluding hydrogens is 292 g/mol. The van der Waals surface area contributed by atoms with E-state index in [0.717, 1.165) is 20.9 Å². The molecule has 0 unspecified atom stereocenters. The summed E-state index contributed by atoms with van der Waals surface area (Å²) in [6, 6.07) is 5.92. The standard InChI is InChI=1S/C18H22N2OS/c1-10(2)8-13-16(18(13,4)5)17(21)20-12-6-7-14-15(9-12)22-11(3)19-14/h6-9,13,16H,1-5H3,(H,20,21)/t13-,16+/m1/s1. The van der Waals surface area contributed by atoms with Gasteiger partial charge in [0.2, 0.25) is 5.91 Å². The number of hydrogen-bond acceptors (Lipinski definition) is 3. The van der Waals surface area contributed by atoms with Gasteiger partial charge in [-0.3, -0.25) is 4.79 Å². The first kappa shape index (κ1) is 15.2. The maximum atomic E-state index is 12.6. The number of fused-ring (bicyclic) bond motifs is 1. The van der Waals surface area contributed by atoms with Crippen LogP contribution < -0.4 is 5.32 Å². The van der Waals surface area contributed by atoms with E-state index in [9.17, 15) is 4.79 Å². The van der Waals surface area contributed by atoms with E-state index in [1.807, 2.05) is 25.1 Å². The molecule has 1 N–H and O–H groups in total. The lowest BCUT2D eigenvalue weighted by atomic mass is 10.1. The van der Waals surface area contributed by atoms with Gasteiger partial charge >= 0.3 is 0 Å². The Kier molecular flexibility index (Phi) is 3.60. The van der Waals surface area contributed by atoms with Gasteiger partial charge in [0, 0.05) is 5.69 Å². The molecule has 2 atom stereocenters. The summed E-state index contributed by atoms with van der Waals surface area (Å²) >= 11 is 1.65. The lowest BCUT2D eigenvalue weighted by Crippen LogP contribution is -2.16. The number of anilines is 1. The van der Waals surface area contributed by atoms with Crippen molar-refractivity contribution in [3.05, 3.63) is 34.9 Å². The van der Waals surface area contributed by atoms with Crippen LogP contribution in [0.25, 0.3) is 10.2 Å². The normalized spacial score (nSPS) is 22.4. The molecular formula is C18H22N2OS. The van der Waals surface area contributed by atoms with Gasteiger partial charge in [0.05, 0.1) is 21.1 Å². The SMILES string of the molecule is CC(C)=C[C@@H]1[C@@H](C(=O)Nc2ccc3nc(C)sc3c2)C1(C)C. The molecule has 1 aliphatic rings. The number of rotatable bonds is 3. The molecule has 4 heteroatoms. The second-order valence-electron chi connectivity index (χ2n) is 6.97. The van der Waals surface area contributed by atoms with E-state index in [2.05, 4.69) is 44.1 Å². The molecule has 1 saturated carbocycles. The van der Waals surface area contributed by atoms with Crippen molar-refractivity contribution in [1.82, 2.24) is 4.98 Å². The number of thiazole rings is 1. The van der Waals surface area contributed by atoms with Crippen LogP contribution in [0, 0.1) is 24.2 Å². The van der Waals surface area contributed by atoms with Gasteiger partial charge in [-0.2, -0.15) is 0 Å². The molecule has 1 fully saturated rings. The Hall–Kier alpha value is -1.68. The maximum absolute atomic E-state index is 12.6. The van der Waals surface area contributed by atoms with E-state index in [1.54, 1.807) is 11.3 Å². The minimum Gasteiger partial charge on any atom is -0.326 e. The van der Waals surface area contributed by atoms with E-state index in [0.29, 0.717) is 5.92 Å². The summed E-state index contributed by atoms with van der Waals surface area (Å²) in [5.74, 6) is 0.515. The van der Waals surface area contributed by atoms with Crippen LogP contribution in [0.5, 0.6) is 0 Å². The van der Waals surface area contributed by atoms with Gasteiger partial charge in [0.25, 0.3) is 0 Å². The molecule has 116 valence electrons. The zero-order valence-corrected chi connectivity index (χ0v) is 14.5. The molecule has 3 rings (SSSR count). The van der Waals surface area contributed by atoms with E-state index in [1.165, 1.54) is 5.57 Å². The number of aryl methyl sites for hydroxylation is 1. The Morgan fingerprint density at radius 3 is 2.77 bits per heavy atom. The second kappa shape index (κ2) is 5.20. The van der Waals surface area contributed by atoms with E-state index in [-0.39, 0.29) is 17.2 Å². The highest BCUT2D eigenvalue weighted by Gasteiger charge is 2.60. The molecule has 22 heavy (non-hydrogen) atoms. The predicted octanol–water partition coefficient (Wildman–Crippen LogP) is 4.78. The number of carbonyl (C=O) groups excluding carboxylic acids is 1. The van der Waals surface area contributed by atoms with E-state index in [4.69, 9.17) is 0 Å². The highest BCUT2D eigenvalue weighted by Crippen LogP contribution is 2.59. The molecule has 1 aliphatic carbocycles. The summed E-state index contributed by atoms with van der Waals surface area (Å²) in [6.07, 6.45) is 2.22. The number of benzene rings is 1. The molecule has 1 amide bonds. The van der Waals surface area contributed by atoms with Crippen LogP contribution in [0.15, 0.2) is 29.8 Å². The first-order valence-corrected chi connectivity index (χ1v) is 8.44. The van der Waals surface area contributed by atoms with Crippen LogP contribution in [0.2, 0.25) is 0 Å². The van der Waals surface area contributed by atoms with E-state index >= 15 is 0 Å². The monoisotopic (exact) mass is 314 g/mol. The van der Waals surface area contributed by atoms with Crippen molar-refractivity contribution in [1.29, 1.82) is 0 Å². The van der Waals surface area contributed by atoms with Crippen molar-refractivity contribution >= 4 is 33.1 Å². The molecule has 0 aliphatic heterocycles. The molecule has 1 heterocycles. The van der Waals surface area contributed by atoms with Crippen molar-refractivity contribution in [2.24, 2.45) is 17.3 Å². The van der Waals surface area contributed by atoms with Crippen molar-refractivity contribution in [3.63, 3.8) is 0 Å². The Labute approximate surface area is 135 Å². The van der Waals surface area contributed by atoms with Crippen LogP contribution in [-0.2, 0) is 4.79 Å². The molecule has 0 spiro atoms. The maximum Gasteiger partial charge on any atom is 0.228 e. The van der Waals surface area contributed by atoms with Gasteiger partial charge in [0.15, 0.2) is 0 Å². The molecule has 2 aromatic rings. The fourth-order valence-corrected chi connectivity index (χ4v) is 4.05. The number of nitrogens with one attached hydrogen (secondary N) is 1. The number of nitrogens with zero attached hydrogens (tertiary/aromatic N) is 1. The summed E-state index contributed by atoms with van der Waals surface area (Å²) in [5, 5.41) is 4.12. The highest BCUT2D eigenvalue weighted by atomic mass is 32.1. The third-order valence-electron chi connectivity index (χ3n) is 4.47. The topological polar surface area (TPSA) is 42.0 Å². The quantitative estimate of drug-likeness (QED) is 0.828. The Balaban J connectivity index is 1.77. The summed E-state index contributed by atoms with van der Waals surface area (Å²) in [5.41, 5.74) is 3.18. The van der Waals surface area contributed by atoms with Gasteiger partial charge in [-0.05, 0) is 50.3 Å². The lowest BCUT2D eigenvalue weighted by Gasteiger charge is -2.06. The Morgan fingerprint density at radius 2 is 2.09 bits per heavy atom. The number of hydrogen-bond donors (Lipinski definition) is 1. The first-order valence-electron chi connectivity index (χ1n) is 7.62. The number of amides is 1. The van der Waals surface area contributed by atoms with Crippen molar-refractivity contribution in [2.45, 2.75) is 34.6 Å². The molecule has 0 bridgehead atoms. The summed E-state index contributed by atoms with van der Waals surface area (Å²) in [4.78, 5) is 17.0. The van der Waals surface area contributed by atoms with Gasteiger partial charge in [0.1, 0.15) is 0 Å². The number of carbonyl (C=O) groups is 1. The fraction of sp³-hybridized carbons (Fsp3) is 0.444. The lowest BCUT2D eigenvalue weighted by molar-refractivity contribution is -0.118. The van der Waals surface area contributed by atoms with Gasteiger partial charge in [-0.1, -0.05) is 25.5 Å². The van der Waals surface area contributed by atoms with Crippen LogP contribution in [0.1, 0.15) is 32.7 Å². The average Bonchev–Trinajstić information content (AvgIpc) is 2.75. The largest absolute Gasteiger partial charge is 0.326 e. The average molecular weight is 314 g/mol. The van der Waals surface area contributed by atoms with Gasteiger partial charge < -0.3 is 5.32 Å².